The molecule has 2 aromatic carbocycles. The molecule has 4 rings (SSSR count). The predicted octanol–water partition coefficient (Wildman–Crippen LogP) is 3.92. The lowest BCUT2D eigenvalue weighted by Crippen LogP contribution is -2.54. The highest BCUT2D eigenvalue weighted by molar-refractivity contribution is 6.39. The summed E-state index contributed by atoms with van der Waals surface area (Å²) in [5.74, 6) is -0.496. The molecule has 0 bridgehead atoms. The molecule has 1 aromatic heterocycles. The maximum absolute atomic E-state index is 12.8. The van der Waals surface area contributed by atoms with E-state index in [9.17, 15) is 14.4 Å². The van der Waals surface area contributed by atoms with Crippen molar-refractivity contribution in [2.24, 2.45) is 0 Å². The van der Waals surface area contributed by atoms with Crippen molar-refractivity contribution in [3.05, 3.63) is 83.6 Å². The molecule has 0 aliphatic carbocycles. The fourth-order valence-corrected chi connectivity index (χ4v) is 2.92. The highest BCUT2D eigenvalue weighted by Gasteiger charge is 2.37. The molecule has 0 radical (unpaired) electrons. The molecule has 1 saturated heterocycles. The molecule has 1 aliphatic heterocycles. The minimum atomic E-state index is -0.777. The molecule has 3 aromatic rings. The number of anilines is 1. The lowest BCUT2D eigenvalue weighted by Gasteiger charge is -2.26. The Labute approximate surface area is 161 Å². The normalized spacial score (nSPS) is 15.8. The number of benzene rings is 2. The third-order valence-electron chi connectivity index (χ3n) is 4.37. The van der Waals surface area contributed by atoms with Crippen LogP contribution in [0.15, 0.2) is 76.7 Å². The van der Waals surface area contributed by atoms with Crippen LogP contribution in [0.1, 0.15) is 11.3 Å². The largest absolute Gasteiger partial charge is 0.457 e. The van der Waals surface area contributed by atoms with Gasteiger partial charge in [-0.2, -0.15) is 0 Å². The summed E-state index contributed by atoms with van der Waals surface area (Å²) in [5.41, 5.74) is 2.08. The maximum Gasteiger partial charge on any atom is 0.335 e. The van der Waals surface area contributed by atoms with Gasteiger partial charge < -0.3 is 4.42 Å². The van der Waals surface area contributed by atoms with Crippen LogP contribution < -0.4 is 10.2 Å². The zero-order chi connectivity index (χ0) is 19.7. The fourth-order valence-electron chi connectivity index (χ4n) is 2.92. The van der Waals surface area contributed by atoms with E-state index in [4.69, 9.17) is 4.42 Å². The zero-order valence-electron chi connectivity index (χ0n) is 15.0. The minimum Gasteiger partial charge on any atom is -0.457 e. The Bertz CT molecular complexity index is 1100. The van der Waals surface area contributed by atoms with Crippen LogP contribution in [-0.2, 0) is 9.59 Å². The van der Waals surface area contributed by atoms with Gasteiger partial charge in [-0.25, -0.2) is 9.69 Å². The minimum absolute atomic E-state index is 0.172. The van der Waals surface area contributed by atoms with Crippen LogP contribution in [0.25, 0.3) is 17.4 Å². The van der Waals surface area contributed by atoms with Gasteiger partial charge in [0.25, 0.3) is 11.8 Å². The second-order valence-electron chi connectivity index (χ2n) is 6.36. The number of rotatable bonds is 3. The molecular weight excluding hydrogens is 356 g/mol. The Morgan fingerprint density at radius 3 is 2.32 bits per heavy atom. The Morgan fingerprint density at radius 2 is 1.61 bits per heavy atom. The number of aryl methyl sites for hydroxylation is 1. The molecular formula is C22H16N2O4. The van der Waals surface area contributed by atoms with E-state index in [0.717, 1.165) is 16.0 Å². The van der Waals surface area contributed by atoms with E-state index in [0.29, 0.717) is 17.2 Å². The van der Waals surface area contributed by atoms with Gasteiger partial charge in [0.2, 0.25) is 0 Å². The van der Waals surface area contributed by atoms with Crippen LogP contribution in [-0.4, -0.2) is 17.8 Å². The van der Waals surface area contributed by atoms with Gasteiger partial charge in [-0.15, -0.1) is 0 Å². The smallest absolute Gasteiger partial charge is 0.335 e. The van der Waals surface area contributed by atoms with E-state index in [1.54, 1.807) is 36.4 Å². The molecule has 1 N–H and O–H groups in total. The van der Waals surface area contributed by atoms with Gasteiger partial charge in [0, 0.05) is 5.56 Å². The van der Waals surface area contributed by atoms with Crippen molar-refractivity contribution in [2.75, 3.05) is 4.90 Å². The van der Waals surface area contributed by atoms with Crippen LogP contribution in [0.5, 0.6) is 0 Å². The van der Waals surface area contributed by atoms with Crippen molar-refractivity contribution in [2.45, 2.75) is 6.92 Å². The SMILES string of the molecule is Cc1ccc(N2C(=O)NC(=O)/C(=C\c3ccc(-c4ccccc4)o3)C2=O)cc1. The number of hydrogen-bond acceptors (Lipinski definition) is 4. The summed E-state index contributed by atoms with van der Waals surface area (Å²) in [4.78, 5) is 38.2. The summed E-state index contributed by atoms with van der Waals surface area (Å²) in [7, 11) is 0. The number of nitrogens with zero attached hydrogens (tertiary/aromatic N) is 1. The van der Waals surface area contributed by atoms with E-state index < -0.39 is 17.8 Å². The van der Waals surface area contributed by atoms with Crippen LogP contribution in [0, 0.1) is 6.92 Å². The van der Waals surface area contributed by atoms with Crippen LogP contribution in [0.4, 0.5) is 10.5 Å². The van der Waals surface area contributed by atoms with Crippen molar-refractivity contribution >= 4 is 29.6 Å². The van der Waals surface area contributed by atoms with E-state index in [1.165, 1.54) is 6.08 Å². The summed E-state index contributed by atoms with van der Waals surface area (Å²) in [6, 6.07) is 19.0. The molecule has 6 heteroatoms. The number of hydrogen-bond donors (Lipinski definition) is 1. The topological polar surface area (TPSA) is 79.6 Å². The zero-order valence-corrected chi connectivity index (χ0v) is 15.0. The fraction of sp³-hybridized carbons (Fsp3) is 0.0455. The van der Waals surface area contributed by atoms with Crippen molar-refractivity contribution in [1.29, 1.82) is 0 Å². The Balaban J connectivity index is 1.67. The van der Waals surface area contributed by atoms with Crippen molar-refractivity contribution in [3.8, 4) is 11.3 Å². The highest BCUT2D eigenvalue weighted by Crippen LogP contribution is 2.25. The molecule has 0 saturated carbocycles. The van der Waals surface area contributed by atoms with Crippen molar-refractivity contribution in [1.82, 2.24) is 5.32 Å². The summed E-state index contributed by atoms with van der Waals surface area (Å²) < 4.78 is 5.74. The van der Waals surface area contributed by atoms with Gasteiger partial charge in [0.15, 0.2) is 0 Å². The number of carbonyl (C=O) groups is 3. The second kappa shape index (κ2) is 7.00. The Kier molecular flexibility index (Phi) is 4.37. The van der Waals surface area contributed by atoms with Crippen molar-refractivity contribution < 1.29 is 18.8 Å². The summed E-state index contributed by atoms with van der Waals surface area (Å²) in [6.45, 7) is 1.90. The first-order chi connectivity index (χ1) is 13.5. The number of barbiturate groups is 1. The van der Waals surface area contributed by atoms with Gasteiger partial charge in [0.1, 0.15) is 17.1 Å². The van der Waals surface area contributed by atoms with Gasteiger partial charge in [-0.05, 0) is 37.3 Å². The van der Waals surface area contributed by atoms with Gasteiger partial charge in [0.05, 0.1) is 5.69 Å². The number of urea groups is 1. The Hall–Kier alpha value is -3.93. The number of nitrogens with one attached hydrogen (secondary N) is 1. The Morgan fingerprint density at radius 1 is 0.893 bits per heavy atom. The lowest BCUT2D eigenvalue weighted by atomic mass is 10.1. The van der Waals surface area contributed by atoms with Gasteiger partial charge in [-0.1, -0.05) is 48.0 Å². The summed E-state index contributed by atoms with van der Waals surface area (Å²) in [6.07, 6.45) is 1.34. The highest BCUT2D eigenvalue weighted by atomic mass is 16.3. The molecule has 4 amide bonds. The number of carbonyl (C=O) groups excluding carboxylic acids is 3. The lowest BCUT2D eigenvalue weighted by molar-refractivity contribution is -0.122. The molecule has 0 unspecified atom stereocenters. The quantitative estimate of drug-likeness (QED) is 0.558. The molecule has 138 valence electrons. The summed E-state index contributed by atoms with van der Waals surface area (Å²) in [5, 5.41) is 2.20. The first-order valence-corrected chi connectivity index (χ1v) is 8.66. The molecule has 6 nitrogen and oxygen atoms in total. The molecule has 0 spiro atoms. The van der Waals surface area contributed by atoms with Crippen molar-refractivity contribution in [3.63, 3.8) is 0 Å². The van der Waals surface area contributed by atoms with E-state index in [2.05, 4.69) is 5.32 Å². The standard InChI is InChI=1S/C22H16N2O4/c1-14-7-9-16(10-8-14)24-21(26)18(20(25)23-22(24)27)13-17-11-12-19(28-17)15-5-3-2-4-6-15/h2-13H,1H3,(H,23,25,27)/b18-13+. The number of imide groups is 2. The molecule has 1 aliphatic rings. The third-order valence-corrected chi connectivity index (χ3v) is 4.37. The van der Waals surface area contributed by atoms with Gasteiger partial charge >= 0.3 is 6.03 Å². The number of furan rings is 1. The van der Waals surface area contributed by atoms with Crippen LogP contribution in [0.2, 0.25) is 0 Å². The second-order valence-corrected chi connectivity index (χ2v) is 6.36. The third kappa shape index (κ3) is 3.23. The summed E-state index contributed by atoms with van der Waals surface area (Å²) >= 11 is 0. The van der Waals surface area contributed by atoms with Gasteiger partial charge in [-0.3, -0.25) is 14.9 Å². The van der Waals surface area contributed by atoms with Crippen LogP contribution in [0.3, 0.4) is 0 Å². The molecule has 28 heavy (non-hydrogen) atoms. The maximum atomic E-state index is 12.8. The van der Waals surface area contributed by atoms with E-state index in [-0.39, 0.29) is 5.57 Å². The van der Waals surface area contributed by atoms with Crippen LogP contribution >= 0.6 is 0 Å². The average Bonchev–Trinajstić information content (AvgIpc) is 3.16. The van der Waals surface area contributed by atoms with E-state index >= 15 is 0 Å². The number of amides is 4. The predicted molar refractivity (Wildman–Crippen MR) is 104 cm³/mol. The molecule has 2 heterocycles. The monoisotopic (exact) mass is 372 g/mol. The average molecular weight is 372 g/mol. The van der Waals surface area contributed by atoms with E-state index in [1.807, 2.05) is 37.3 Å². The molecule has 0 atom stereocenters. The first-order valence-electron chi connectivity index (χ1n) is 8.66. The molecule has 1 fully saturated rings. The first kappa shape index (κ1) is 17.5.